The third-order valence-electron chi connectivity index (χ3n) is 5.36. The Hall–Kier alpha value is -4.24. The number of nitrogens with zero attached hydrogens (tertiary/aromatic N) is 3. The first-order chi connectivity index (χ1) is 16.3. The highest BCUT2D eigenvalue weighted by molar-refractivity contribution is 7.17. The van der Waals surface area contributed by atoms with Gasteiger partial charge in [-0.1, -0.05) is 30.3 Å². The molecular weight excluding hydrogens is 438 g/mol. The second-order valence-corrected chi connectivity index (χ2v) is 8.28. The van der Waals surface area contributed by atoms with Gasteiger partial charge in [0.15, 0.2) is 17.3 Å². The van der Waals surface area contributed by atoms with Gasteiger partial charge < -0.3 is 14.5 Å². The smallest absolute Gasteiger partial charge is 0.257 e. The van der Waals surface area contributed by atoms with E-state index in [1.54, 1.807) is 23.5 Å². The van der Waals surface area contributed by atoms with Gasteiger partial charge in [0.1, 0.15) is 24.4 Å². The highest BCUT2D eigenvalue weighted by atomic mass is 32.1. The number of rotatable bonds is 4. The Bertz CT molecular complexity index is 1580. The molecule has 2 N–H and O–H groups in total. The molecule has 162 valence electrons. The zero-order chi connectivity index (χ0) is 22.2. The molecule has 0 fully saturated rings. The monoisotopic (exact) mass is 455 g/mol. The van der Waals surface area contributed by atoms with E-state index >= 15 is 0 Å². The van der Waals surface area contributed by atoms with Crippen LogP contribution in [0.5, 0.6) is 11.5 Å². The number of H-pyrrole nitrogens is 1. The van der Waals surface area contributed by atoms with Gasteiger partial charge in [0.2, 0.25) is 0 Å². The zero-order valence-corrected chi connectivity index (χ0v) is 18.1. The normalized spacial score (nSPS) is 13.1. The number of pyridine rings is 1. The van der Waals surface area contributed by atoms with E-state index in [4.69, 9.17) is 9.47 Å². The number of aromatic amines is 1. The fourth-order valence-electron chi connectivity index (χ4n) is 3.81. The molecule has 8 nitrogen and oxygen atoms in total. The summed E-state index contributed by atoms with van der Waals surface area (Å²) in [6.45, 7) is 0.993. The Morgan fingerprint density at radius 2 is 1.88 bits per heavy atom. The van der Waals surface area contributed by atoms with Crippen LogP contribution < -0.4 is 20.5 Å². The largest absolute Gasteiger partial charge is 0.486 e. The second-order valence-electron chi connectivity index (χ2n) is 7.42. The SMILES string of the molecule is O=c1[nH]c2cc3c(cc2cc1C=NNc1ncnc2scc(-c4ccccc4)c12)OCCO3. The first-order valence-electron chi connectivity index (χ1n) is 10.3. The predicted molar refractivity (Wildman–Crippen MR) is 130 cm³/mol. The van der Waals surface area contributed by atoms with Crippen molar-refractivity contribution in [3.8, 4) is 22.6 Å². The summed E-state index contributed by atoms with van der Waals surface area (Å²) in [7, 11) is 0. The lowest BCUT2D eigenvalue weighted by atomic mass is 10.1. The van der Waals surface area contributed by atoms with Gasteiger partial charge in [-0.05, 0) is 17.7 Å². The van der Waals surface area contributed by atoms with E-state index in [2.05, 4.69) is 30.9 Å². The van der Waals surface area contributed by atoms with Gasteiger partial charge in [-0.15, -0.1) is 11.3 Å². The van der Waals surface area contributed by atoms with Gasteiger partial charge in [0.05, 0.1) is 22.7 Å². The lowest BCUT2D eigenvalue weighted by Gasteiger charge is -2.18. The molecular formula is C24H17N5O3S. The van der Waals surface area contributed by atoms with Gasteiger partial charge in [0, 0.05) is 22.4 Å². The molecule has 0 spiro atoms. The van der Waals surface area contributed by atoms with Crippen molar-refractivity contribution in [1.82, 2.24) is 15.0 Å². The Balaban J connectivity index is 1.34. The lowest BCUT2D eigenvalue weighted by molar-refractivity contribution is 0.172. The summed E-state index contributed by atoms with van der Waals surface area (Å²) in [5, 5.41) is 8.07. The van der Waals surface area contributed by atoms with Crippen LogP contribution in [0.15, 0.2) is 70.1 Å². The van der Waals surface area contributed by atoms with Gasteiger partial charge >= 0.3 is 0 Å². The van der Waals surface area contributed by atoms with Crippen molar-refractivity contribution in [2.45, 2.75) is 0 Å². The van der Waals surface area contributed by atoms with Crippen molar-refractivity contribution < 1.29 is 9.47 Å². The molecule has 3 aromatic heterocycles. The van der Waals surface area contributed by atoms with Crippen molar-refractivity contribution in [1.29, 1.82) is 0 Å². The lowest BCUT2D eigenvalue weighted by Crippen LogP contribution is -2.16. The molecule has 0 bridgehead atoms. The molecule has 0 aliphatic carbocycles. The van der Waals surface area contributed by atoms with Crippen LogP contribution in [0.4, 0.5) is 5.82 Å². The molecule has 4 heterocycles. The molecule has 2 aromatic carbocycles. The first kappa shape index (κ1) is 19.4. The molecule has 0 atom stereocenters. The molecule has 5 aromatic rings. The summed E-state index contributed by atoms with van der Waals surface area (Å²) in [5.41, 5.74) is 5.93. The van der Waals surface area contributed by atoms with E-state index in [1.807, 2.05) is 36.4 Å². The van der Waals surface area contributed by atoms with E-state index in [0.29, 0.717) is 41.6 Å². The number of fused-ring (bicyclic) bond motifs is 3. The first-order valence-corrected chi connectivity index (χ1v) is 11.2. The molecule has 1 aliphatic heterocycles. The minimum atomic E-state index is -0.252. The number of hydrogen-bond acceptors (Lipinski definition) is 8. The fourth-order valence-corrected chi connectivity index (χ4v) is 4.72. The van der Waals surface area contributed by atoms with Crippen molar-refractivity contribution in [2.75, 3.05) is 18.6 Å². The van der Waals surface area contributed by atoms with Gasteiger partial charge in [-0.2, -0.15) is 5.10 Å². The fraction of sp³-hybridized carbons (Fsp3) is 0.0833. The number of ether oxygens (including phenoxy) is 2. The maximum absolute atomic E-state index is 12.6. The minimum absolute atomic E-state index is 0.252. The maximum atomic E-state index is 12.6. The second kappa shape index (κ2) is 8.03. The van der Waals surface area contributed by atoms with Crippen LogP contribution in [0.25, 0.3) is 32.2 Å². The Labute approximate surface area is 191 Å². The Morgan fingerprint density at radius 3 is 2.73 bits per heavy atom. The van der Waals surface area contributed by atoms with Crippen molar-refractivity contribution in [3.63, 3.8) is 0 Å². The number of benzene rings is 2. The van der Waals surface area contributed by atoms with E-state index in [-0.39, 0.29) is 5.56 Å². The van der Waals surface area contributed by atoms with Crippen LogP contribution >= 0.6 is 11.3 Å². The van der Waals surface area contributed by atoms with Crippen LogP contribution in [0.3, 0.4) is 0 Å². The van der Waals surface area contributed by atoms with E-state index < -0.39 is 0 Å². The van der Waals surface area contributed by atoms with E-state index in [0.717, 1.165) is 26.7 Å². The summed E-state index contributed by atoms with van der Waals surface area (Å²) in [6, 6.07) is 15.5. The molecule has 6 rings (SSSR count). The average molecular weight is 455 g/mol. The minimum Gasteiger partial charge on any atom is -0.486 e. The van der Waals surface area contributed by atoms with Gasteiger partial charge in [-0.25, -0.2) is 9.97 Å². The van der Waals surface area contributed by atoms with E-state index in [9.17, 15) is 4.79 Å². The molecule has 0 radical (unpaired) electrons. The zero-order valence-electron chi connectivity index (χ0n) is 17.2. The van der Waals surface area contributed by atoms with Crippen LogP contribution in [0, 0.1) is 0 Å². The molecule has 9 heteroatoms. The van der Waals surface area contributed by atoms with Gasteiger partial charge in [-0.3, -0.25) is 10.2 Å². The number of anilines is 1. The van der Waals surface area contributed by atoms with Crippen LogP contribution in [0.1, 0.15) is 5.56 Å². The number of hydrazone groups is 1. The number of aromatic nitrogens is 3. The van der Waals surface area contributed by atoms with Crippen molar-refractivity contribution >= 4 is 44.5 Å². The van der Waals surface area contributed by atoms with Crippen molar-refractivity contribution in [3.05, 3.63) is 76.2 Å². The molecule has 0 unspecified atom stereocenters. The van der Waals surface area contributed by atoms with Gasteiger partial charge in [0.25, 0.3) is 5.56 Å². The summed E-state index contributed by atoms with van der Waals surface area (Å²) < 4.78 is 11.2. The third kappa shape index (κ3) is 3.58. The maximum Gasteiger partial charge on any atom is 0.257 e. The summed E-state index contributed by atoms with van der Waals surface area (Å²) >= 11 is 1.55. The third-order valence-corrected chi connectivity index (χ3v) is 6.25. The predicted octanol–water partition coefficient (Wildman–Crippen LogP) is 4.42. The average Bonchev–Trinajstić information content (AvgIpc) is 3.29. The summed E-state index contributed by atoms with van der Waals surface area (Å²) in [4.78, 5) is 25.1. The molecule has 0 saturated carbocycles. The molecule has 1 aliphatic rings. The van der Waals surface area contributed by atoms with Crippen molar-refractivity contribution in [2.24, 2.45) is 5.10 Å². The number of hydrogen-bond donors (Lipinski definition) is 2. The molecule has 33 heavy (non-hydrogen) atoms. The Morgan fingerprint density at radius 1 is 1.06 bits per heavy atom. The quantitative estimate of drug-likeness (QED) is 0.307. The highest BCUT2D eigenvalue weighted by Gasteiger charge is 2.14. The topological polar surface area (TPSA) is 101 Å². The number of nitrogens with one attached hydrogen (secondary N) is 2. The van der Waals surface area contributed by atoms with Crippen LogP contribution in [0.2, 0.25) is 0 Å². The van der Waals surface area contributed by atoms with Crippen LogP contribution in [-0.4, -0.2) is 34.4 Å². The molecule has 0 saturated heterocycles. The van der Waals surface area contributed by atoms with E-state index in [1.165, 1.54) is 12.5 Å². The molecule has 0 amide bonds. The summed E-state index contributed by atoms with van der Waals surface area (Å²) in [6.07, 6.45) is 2.98. The Kier molecular flexibility index (Phi) is 4.73. The highest BCUT2D eigenvalue weighted by Crippen LogP contribution is 2.36. The van der Waals surface area contributed by atoms with Crippen LogP contribution in [-0.2, 0) is 0 Å². The standard InChI is InChI=1S/C24H17N5O3S/c30-23-16(8-15-9-19-20(10-18(15)28-23)32-7-6-31-19)11-27-29-22-21-17(14-4-2-1-3-5-14)12-33-24(21)26-13-25-22/h1-5,8-13H,6-7H2,(H,28,30)(H,25,26,29). The summed E-state index contributed by atoms with van der Waals surface area (Å²) in [5.74, 6) is 1.87. The number of thiophene rings is 1.